The first-order valence-corrected chi connectivity index (χ1v) is 5.31. The monoisotopic (exact) mass is 205 g/mol. The largest absolute Gasteiger partial charge is 0.449 e. The van der Waals surface area contributed by atoms with Crippen molar-refractivity contribution >= 4 is 0 Å². The molecule has 0 spiro atoms. The normalized spacial score (nSPS) is 18.9. The lowest BCUT2D eigenvalue weighted by molar-refractivity contribution is 0.196. The van der Waals surface area contributed by atoms with Gasteiger partial charge in [-0.25, -0.2) is 4.98 Å². The average Bonchev–Trinajstić information content (AvgIpc) is 2.65. The van der Waals surface area contributed by atoms with Gasteiger partial charge in [0.1, 0.15) is 6.26 Å². The zero-order valence-corrected chi connectivity index (χ0v) is 8.94. The number of piperidine rings is 1. The van der Waals surface area contributed by atoms with E-state index in [2.05, 4.69) is 16.0 Å². The second-order valence-electron chi connectivity index (χ2n) is 4.04. The molecule has 0 saturated carbocycles. The Bertz CT molecular complexity index is 358. The van der Waals surface area contributed by atoms with E-state index in [1.807, 2.05) is 6.92 Å². The number of likely N-dealkylation sites (tertiary alicyclic amines) is 1. The van der Waals surface area contributed by atoms with Gasteiger partial charge in [0.2, 0.25) is 0 Å². The Morgan fingerprint density at radius 3 is 2.87 bits per heavy atom. The maximum absolute atomic E-state index is 8.77. The van der Waals surface area contributed by atoms with Crippen molar-refractivity contribution in [1.82, 2.24) is 9.88 Å². The molecule has 1 aliphatic rings. The van der Waals surface area contributed by atoms with Crippen molar-refractivity contribution in [2.45, 2.75) is 26.3 Å². The highest BCUT2D eigenvalue weighted by atomic mass is 16.3. The molecule has 1 fully saturated rings. The number of oxazole rings is 1. The Morgan fingerprint density at radius 1 is 1.60 bits per heavy atom. The molecule has 0 aromatic carbocycles. The van der Waals surface area contributed by atoms with E-state index < -0.39 is 0 Å². The average molecular weight is 205 g/mol. The summed E-state index contributed by atoms with van der Waals surface area (Å²) in [5.74, 6) is 0.970. The minimum absolute atomic E-state index is 0.250. The molecule has 4 heteroatoms. The standard InChI is InChI=1S/C11H15N3O/c1-9-13-11(8-15-9)7-14-4-2-10(6-12)3-5-14/h8,10H,2-5,7H2,1H3. The number of hydrogen-bond donors (Lipinski definition) is 0. The van der Waals surface area contributed by atoms with Crippen LogP contribution in [0.1, 0.15) is 24.4 Å². The predicted molar refractivity (Wildman–Crippen MR) is 54.9 cm³/mol. The van der Waals surface area contributed by atoms with Crippen LogP contribution in [0.2, 0.25) is 0 Å². The van der Waals surface area contributed by atoms with Crippen molar-refractivity contribution in [3.8, 4) is 6.07 Å². The molecular weight excluding hydrogens is 190 g/mol. The van der Waals surface area contributed by atoms with Crippen LogP contribution in [0.4, 0.5) is 0 Å². The van der Waals surface area contributed by atoms with Crippen LogP contribution in [0, 0.1) is 24.2 Å². The van der Waals surface area contributed by atoms with Crippen LogP contribution >= 0.6 is 0 Å². The van der Waals surface area contributed by atoms with E-state index in [1.165, 1.54) is 0 Å². The smallest absolute Gasteiger partial charge is 0.191 e. The highest BCUT2D eigenvalue weighted by Crippen LogP contribution is 2.17. The summed E-state index contributed by atoms with van der Waals surface area (Å²) in [6.07, 6.45) is 3.67. The molecule has 0 amide bonds. The van der Waals surface area contributed by atoms with Crippen LogP contribution in [0.25, 0.3) is 0 Å². The zero-order chi connectivity index (χ0) is 10.7. The van der Waals surface area contributed by atoms with E-state index in [9.17, 15) is 0 Å². The summed E-state index contributed by atoms with van der Waals surface area (Å²) in [5.41, 5.74) is 0.989. The van der Waals surface area contributed by atoms with Crippen LogP contribution < -0.4 is 0 Å². The van der Waals surface area contributed by atoms with Crippen molar-refractivity contribution < 1.29 is 4.42 Å². The summed E-state index contributed by atoms with van der Waals surface area (Å²) in [6, 6.07) is 2.33. The van der Waals surface area contributed by atoms with Gasteiger partial charge in [0.25, 0.3) is 0 Å². The lowest BCUT2D eigenvalue weighted by Gasteiger charge is -2.27. The van der Waals surface area contributed by atoms with Gasteiger partial charge >= 0.3 is 0 Å². The number of nitriles is 1. The lowest BCUT2D eigenvalue weighted by Crippen LogP contribution is -2.32. The fourth-order valence-corrected chi connectivity index (χ4v) is 1.93. The minimum Gasteiger partial charge on any atom is -0.449 e. The number of aryl methyl sites for hydroxylation is 1. The van der Waals surface area contributed by atoms with Crippen molar-refractivity contribution in [2.75, 3.05) is 13.1 Å². The quantitative estimate of drug-likeness (QED) is 0.737. The maximum atomic E-state index is 8.77. The number of rotatable bonds is 2. The molecule has 1 aromatic heterocycles. The lowest BCUT2D eigenvalue weighted by atomic mass is 9.99. The van der Waals surface area contributed by atoms with Crippen molar-refractivity contribution in [3.05, 3.63) is 17.8 Å². The number of hydrogen-bond acceptors (Lipinski definition) is 4. The summed E-state index contributed by atoms with van der Waals surface area (Å²) >= 11 is 0. The van der Waals surface area contributed by atoms with E-state index in [0.29, 0.717) is 0 Å². The SMILES string of the molecule is Cc1nc(CN2CCC(C#N)CC2)co1. The van der Waals surface area contributed by atoms with E-state index in [0.717, 1.165) is 44.1 Å². The van der Waals surface area contributed by atoms with E-state index in [-0.39, 0.29) is 5.92 Å². The van der Waals surface area contributed by atoms with Crippen LogP contribution in [0.5, 0.6) is 0 Å². The third-order valence-corrected chi connectivity index (χ3v) is 2.82. The Morgan fingerprint density at radius 2 is 2.33 bits per heavy atom. The summed E-state index contributed by atoms with van der Waals surface area (Å²) in [5, 5.41) is 8.77. The highest BCUT2D eigenvalue weighted by molar-refractivity contribution is 4.96. The summed E-state index contributed by atoms with van der Waals surface area (Å²) in [7, 11) is 0. The zero-order valence-electron chi connectivity index (χ0n) is 8.94. The predicted octanol–water partition coefficient (Wildman–Crippen LogP) is 1.72. The van der Waals surface area contributed by atoms with E-state index in [1.54, 1.807) is 6.26 Å². The minimum atomic E-state index is 0.250. The molecule has 0 bridgehead atoms. The van der Waals surface area contributed by atoms with Crippen LogP contribution in [-0.2, 0) is 6.54 Å². The van der Waals surface area contributed by atoms with Gasteiger partial charge < -0.3 is 4.42 Å². The van der Waals surface area contributed by atoms with Gasteiger partial charge in [0.15, 0.2) is 5.89 Å². The summed E-state index contributed by atoms with van der Waals surface area (Å²) < 4.78 is 5.16. The number of aromatic nitrogens is 1. The summed E-state index contributed by atoms with van der Waals surface area (Å²) in [4.78, 5) is 6.60. The molecule has 0 atom stereocenters. The van der Waals surface area contributed by atoms with E-state index >= 15 is 0 Å². The highest BCUT2D eigenvalue weighted by Gasteiger charge is 2.19. The molecule has 0 radical (unpaired) electrons. The molecule has 80 valence electrons. The molecule has 0 unspecified atom stereocenters. The molecule has 0 aliphatic carbocycles. The van der Waals surface area contributed by atoms with Gasteiger partial charge in [-0.2, -0.15) is 5.26 Å². The van der Waals surface area contributed by atoms with Crippen LogP contribution in [0.3, 0.4) is 0 Å². The fourth-order valence-electron chi connectivity index (χ4n) is 1.93. The van der Waals surface area contributed by atoms with Crippen LogP contribution in [-0.4, -0.2) is 23.0 Å². The third-order valence-electron chi connectivity index (χ3n) is 2.82. The van der Waals surface area contributed by atoms with E-state index in [4.69, 9.17) is 9.68 Å². The topological polar surface area (TPSA) is 53.1 Å². The van der Waals surface area contributed by atoms with Gasteiger partial charge in [-0.3, -0.25) is 4.90 Å². The first kappa shape index (κ1) is 10.2. The third kappa shape index (κ3) is 2.57. The first-order chi connectivity index (χ1) is 7.28. The van der Waals surface area contributed by atoms with Gasteiger partial charge in [-0.1, -0.05) is 0 Å². The molecule has 0 N–H and O–H groups in total. The van der Waals surface area contributed by atoms with Gasteiger partial charge in [-0.15, -0.1) is 0 Å². The molecular formula is C11H15N3O. The molecule has 2 rings (SSSR count). The van der Waals surface area contributed by atoms with Gasteiger partial charge in [0.05, 0.1) is 11.8 Å². The molecule has 1 aliphatic heterocycles. The second-order valence-corrected chi connectivity index (χ2v) is 4.04. The molecule has 2 heterocycles. The Hall–Kier alpha value is -1.34. The fraction of sp³-hybridized carbons (Fsp3) is 0.636. The van der Waals surface area contributed by atoms with Gasteiger partial charge in [0, 0.05) is 19.4 Å². The van der Waals surface area contributed by atoms with Crippen molar-refractivity contribution in [3.63, 3.8) is 0 Å². The molecule has 1 saturated heterocycles. The van der Waals surface area contributed by atoms with Crippen LogP contribution in [0.15, 0.2) is 10.7 Å². The van der Waals surface area contributed by atoms with Gasteiger partial charge in [-0.05, 0) is 25.9 Å². The second kappa shape index (κ2) is 4.45. The Balaban J connectivity index is 1.85. The Kier molecular flexibility index (Phi) is 3.02. The molecule has 4 nitrogen and oxygen atoms in total. The summed E-state index contributed by atoms with van der Waals surface area (Å²) in [6.45, 7) is 4.68. The molecule has 1 aromatic rings. The maximum Gasteiger partial charge on any atom is 0.191 e. The molecule has 15 heavy (non-hydrogen) atoms. The van der Waals surface area contributed by atoms with Crippen molar-refractivity contribution in [2.24, 2.45) is 5.92 Å². The Labute approximate surface area is 89.5 Å². The number of nitrogens with zero attached hydrogens (tertiary/aromatic N) is 3. The van der Waals surface area contributed by atoms with Crippen molar-refractivity contribution in [1.29, 1.82) is 5.26 Å². The first-order valence-electron chi connectivity index (χ1n) is 5.31.